The number of benzene rings is 2. The molecule has 2 N–H and O–H groups in total. The molecular weight excluding hydrogens is 338 g/mol. The number of halogens is 1. The van der Waals surface area contributed by atoms with E-state index < -0.39 is 0 Å². The van der Waals surface area contributed by atoms with Gasteiger partial charge >= 0.3 is 0 Å². The van der Waals surface area contributed by atoms with Gasteiger partial charge in [0.25, 0.3) is 0 Å². The van der Waals surface area contributed by atoms with Crippen molar-refractivity contribution in [2.75, 3.05) is 11.9 Å². The number of amides is 1. The first kappa shape index (κ1) is 17.3. The summed E-state index contributed by atoms with van der Waals surface area (Å²) in [5.41, 5.74) is 4.49. The molecule has 0 unspecified atom stereocenters. The summed E-state index contributed by atoms with van der Waals surface area (Å²) in [5.74, 6) is 0.861. The maximum Gasteiger partial charge on any atom is 0.224 e. The minimum atomic E-state index is -0.0462. The van der Waals surface area contributed by atoms with Gasteiger partial charge in [-0.15, -0.1) is 0 Å². The standard InChI is InChI=1S/C19H20ClN3O2/c1-12-5-3-6-13(2)18(12)25-10-4-7-17(24)21-14-8-9-15-16(11-14)23-19(20)22-15/h3,5-6,8-9,11H,4,7,10H2,1-2H3,(H,21,24)(H,22,23). The Balaban J connectivity index is 1.49. The maximum absolute atomic E-state index is 12.1. The van der Waals surface area contributed by atoms with E-state index in [2.05, 4.69) is 15.3 Å². The van der Waals surface area contributed by atoms with Crippen molar-refractivity contribution in [2.45, 2.75) is 26.7 Å². The zero-order valence-corrected chi connectivity index (χ0v) is 15.0. The Morgan fingerprint density at radius 1 is 1.24 bits per heavy atom. The second-order valence-electron chi connectivity index (χ2n) is 5.98. The van der Waals surface area contributed by atoms with Crippen LogP contribution in [-0.2, 0) is 4.79 Å². The van der Waals surface area contributed by atoms with Crippen molar-refractivity contribution in [3.63, 3.8) is 0 Å². The van der Waals surface area contributed by atoms with Crippen LogP contribution in [0, 0.1) is 13.8 Å². The van der Waals surface area contributed by atoms with Gasteiger partial charge in [-0.25, -0.2) is 4.98 Å². The van der Waals surface area contributed by atoms with Crippen LogP contribution in [0.5, 0.6) is 5.75 Å². The van der Waals surface area contributed by atoms with Crippen LogP contribution in [0.2, 0.25) is 5.28 Å². The maximum atomic E-state index is 12.1. The monoisotopic (exact) mass is 357 g/mol. The van der Waals surface area contributed by atoms with E-state index in [0.29, 0.717) is 30.4 Å². The zero-order valence-electron chi connectivity index (χ0n) is 14.2. The number of carbonyl (C=O) groups is 1. The SMILES string of the molecule is Cc1cccc(C)c1OCCCC(=O)Nc1ccc2nc(Cl)[nH]c2c1. The summed E-state index contributed by atoms with van der Waals surface area (Å²) < 4.78 is 5.82. The van der Waals surface area contributed by atoms with Crippen molar-refractivity contribution in [3.05, 3.63) is 52.8 Å². The largest absolute Gasteiger partial charge is 0.493 e. The van der Waals surface area contributed by atoms with Crippen LogP contribution in [-0.4, -0.2) is 22.5 Å². The van der Waals surface area contributed by atoms with E-state index in [1.54, 1.807) is 0 Å². The summed E-state index contributed by atoms with van der Waals surface area (Å²) in [6, 6.07) is 11.5. The Hall–Kier alpha value is -2.53. The lowest BCUT2D eigenvalue weighted by Crippen LogP contribution is -2.13. The number of hydrogen-bond donors (Lipinski definition) is 2. The molecule has 0 fully saturated rings. The third-order valence-electron chi connectivity index (χ3n) is 3.94. The minimum absolute atomic E-state index is 0.0462. The summed E-state index contributed by atoms with van der Waals surface area (Å²) in [7, 11) is 0. The Labute approximate surface area is 151 Å². The predicted octanol–water partition coefficient (Wildman–Crippen LogP) is 4.63. The molecule has 3 aromatic rings. The number of nitrogens with one attached hydrogen (secondary N) is 2. The summed E-state index contributed by atoms with van der Waals surface area (Å²) in [5, 5.41) is 3.21. The molecule has 0 radical (unpaired) electrons. The number of carbonyl (C=O) groups excluding carboxylic acids is 1. The van der Waals surface area contributed by atoms with Gasteiger partial charge in [-0.1, -0.05) is 18.2 Å². The Kier molecular flexibility index (Phi) is 5.24. The lowest BCUT2D eigenvalue weighted by atomic mass is 10.1. The number of nitrogens with zero attached hydrogens (tertiary/aromatic N) is 1. The number of ether oxygens (including phenoxy) is 1. The molecule has 5 nitrogen and oxygen atoms in total. The van der Waals surface area contributed by atoms with Crippen molar-refractivity contribution < 1.29 is 9.53 Å². The molecule has 3 rings (SSSR count). The lowest BCUT2D eigenvalue weighted by molar-refractivity contribution is -0.116. The molecule has 0 aliphatic carbocycles. The quantitative estimate of drug-likeness (QED) is 0.632. The number of para-hydroxylation sites is 1. The summed E-state index contributed by atoms with van der Waals surface area (Å²) >= 11 is 5.83. The number of rotatable bonds is 6. The van der Waals surface area contributed by atoms with Crippen LogP contribution >= 0.6 is 11.6 Å². The average molecular weight is 358 g/mol. The topological polar surface area (TPSA) is 67.0 Å². The van der Waals surface area contributed by atoms with Crippen molar-refractivity contribution >= 4 is 34.2 Å². The van der Waals surface area contributed by atoms with Crippen molar-refractivity contribution in [3.8, 4) is 5.75 Å². The molecule has 25 heavy (non-hydrogen) atoms. The number of hydrogen-bond acceptors (Lipinski definition) is 3. The van der Waals surface area contributed by atoms with Crippen LogP contribution < -0.4 is 10.1 Å². The van der Waals surface area contributed by atoms with Gasteiger partial charge in [0.2, 0.25) is 11.2 Å². The summed E-state index contributed by atoms with van der Waals surface area (Å²) in [6.07, 6.45) is 1.05. The molecule has 0 bridgehead atoms. The van der Waals surface area contributed by atoms with E-state index in [-0.39, 0.29) is 5.91 Å². The summed E-state index contributed by atoms with van der Waals surface area (Å²) in [6.45, 7) is 4.55. The number of aromatic nitrogens is 2. The van der Waals surface area contributed by atoms with Crippen molar-refractivity contribution in [1.82, 2.24) is 9.97 Å². The van der Waals surface area contributed by atoms with Gasteiger partial charge in [-0.3, -0.25) is 4.79 Å². The fraction of sp³-hybridized carbons (Fsp3) is 0.263. The first-order valence-electron chi connectivity index (χ1n) is 8.17. The highest BCUT2D eigenvalue weighted by Crippen LogP contribution is 2.22. The van der Waals surface area contributed by atoms with Crippen molar-refractivity contribution in [1.29, 1.82) is 0 Å². The van der Waals surface area contributed by atoms with Crippen molar-refractivity contribution in [2.24, 2.45) is 0 Å². The Morgan fingerprint density at radius 2 is 2.00 bits per heavy atom. The normalized spacial score (nSPS) is 10.8. The lowest BCUT2D eigenvalue weighted by Gasteiger charge is -2.11. The Bertz CT molecular complexity index is 885. The number of aromatic amines is 1. The molecule has 0 saturated carbocycles. The number of imidazole rings is 1. The summed E-state index contributed by atoms with van der Waals surface area (Å²) in [4.78, 5) is 19.1. The van der Waals surface area contributed by atoms with E-state index in [1.807, 2.05) is 50.2 Å². The molecular formula is C19H20ClN3O2. The van der Waals surface area contributed by atoms with Gasteiger partial charge in [0.05, 0.1) is 17.6 Å². The van der Waals surface area contributed by atoms with Gasteiger partial charge in [-0.05, 0) is 61.2 Å². The first-order valence-corrected chi connectivity index (χ1v) is 8.55. The third kappa shape index (κ3) is 4.31. The highest BCUT2D eigenvalue weighted by atomic mass is 35.5. The second kappa shape index (κ2) is 7.57. The van der Waals surface area contributed by atoms with Crippen LogP contribution in [0.4, 0.5) is 5.69 Å². The number of H-pyrrole nitrogens is 1. The molecule has 2 aromatic carbocycles. The molecule has 0 saturated heterocycles. The van der Waals surface area contributed by atoms with Crippen LogP contribution in [0.3, 0.4) is 0 Å². The van der Waals surface area contributed by atoms with Crippen LogP contribution in [0.1, 0.15) is 24.0 Å². The highest BCUT2D eigenvalue weighted by Gasteiger charge is 2.07. The molecule has 1 heterocycles. The van der Waals surface area contributed by atoms with E-state index in [0.717, 1.165) is 27.9 Å². The predicted molar refractivity (Wildman–Crippen MR) is 100 cm³/mol. The van der Waals surface area contributed by atoms with E-state index >= 15 is 0 Å². The molecule has 0 aliphatic rings. The molecule has 1 aromatic heterocycles. The van der Waals surface area contributed by atoms with Gasteiger partial charge in [0.15, 0.2) is 0 Å². The second-order valence-corrected chi connectivity index (χ2v) is 6.34. The fourth-order valence-electron chi connectivity index (χ4n) is 2.71. The minimum Gasteiger partial charge on any atom is -0.493 e. The number of aryl methyl sites for hydroxylation is 2. The Morgan fingerprint density at radius 3 is 2.76 bits per heavy atom. The number of fused-ring (bicyclic) bond motifs is 1. The van der Waals surface area contributed by atoms with Crippen LogP contribution in [0.15, 0.2) is 36.4 Å². The third-order valence-corrected chi connectivity index (χ3v) is 4.12. The van der Waals surface area contributed by atoms with E-state index in [4.69, 9.17) is 16.3 Å². The first-order chi connectivity index (χ1) is 12.0. The number of anilines is 1. The van der Waals surface area contributed by atoms with E-state index in [9.17, 15) is 4.79 Å². The molecule has 130 valence electrons. The molecule has 6 heteroatoms. The average Bonchev–Trinajstić information content (AvgIpc) is 2.93. The van der Waals surface area contributed by atoms with Gasteiger partial charge in [0, 0.05) is 12.1 Å². The van der Waals surface area contributed by atoms with Gasteiger partial charge in [0.1, 0.15) is 5.75 Å². The highest BCUT2D eigenvalue weighted by molar-refractivity contribution is 6.29. The van der Waals surface area contributed by atoms with Gasteiger partial charge in [-0.2, -0.15) is 0 Å². The zero-order chi connectivity index (χ0) is 17.8. The fourth-order valence-corrected chi connectivity index (χ4v) is 2.91. The van der Waals surface area contributed by atoms with Gasteiger partial charge < -0.3 is 15.0 Å². The molecule has 0 atom stereocenters. The van der Waals surface area contributed by atoms with E-state index in [1.165, 1.54) is 0 Å². The molecule has 1 amide bonds. The van der Waals surface area contributed by atoms with Crippen LogP contribution in [0.25, 0.3) is 11.0 Å². The molecule has 0 spiro atoms. The molecule has 0 aliphatic heterocycles. The smallest absolute Gasteiger partial charge is 0.224 e.